The molecule has 0 saturated heterocycles. The fourth-order valence-electron chi connectivity index (χ4n) is 9.34. The molecule has 2 amide bonds. The maximum atomic E-state index is 13.2. The molecule has 10 rings (SSSR count). The first-order valence-electron chi connectivity index (χ1n) is 28.0. The number of amides is 2. The van der Waals surface area contributed by atoms with Crippen LogP contribution >= 0.6 is 241 Å². The van der Waals surface area contributed by atoms with E-state index in [1.165, 1.54) is 25.4 Å². The summed E-state index contributed by atoms with van der Waals surface area (Å²) in [6, 6.07) is 16.6. The van der Waals surface area contributed by atoms with Crippen LogP contribution < -0.4 is 163 Å². The van der Waals surface area contributed by atoms with Crippen molar-refractivity contribution < 1.29 is 186 Å². The number of rotatable bonds is 24. The van der Waals surface area contributed by atoms with Crippen molar-refractivity contribution in [1.82, 2.24) is 29.1 Å². The van der Waals surface area contributed by atoms with Crippen molar-refractivity contribution in [3.05, 3.63) is 93.9 Å². The van der Waals surface area contributed by atoms with Gasteiger partial charge in [0.25, 0.3) is 6.47 Å². The van der Waals surface area contributed by atoms with Gasteiger partial charge in [-0.2, -0.15) is 0 Å². The number of imidazole rings is 2. The number of alkyl halides is 2. The van der Waals surface area contributed by atoms with Gasteiger partial charge in [0, 0.05) is 59.0 Å². The summed E-state index contributed by atoms with van der Waals surface area (Å²) in [6.45, 7) is 2.73. The summed E-state index contributed by atoms with van der Waals surface area (Å²) in [5.41, 5.74) is 7.36. The number of anilines is 4. The van der Waals surface area contributed by atoms with E-state index < -0.39 is 26.8 Å². The second-order valence-electron chi connectivity index (χ2n) is 20.4. The van der Waals surface area contributed by atoms with Gasteiger partial charge < -0.3 is 35.8 Å². The van der Waals surface area contributed by atoms with E-state index in [1.807, 2.05) is 57.7 Å². The summed E-state index contributed by atoms with van der Waals surface area (Å²) in [5.74, 6) is 2.17. The molecule has 2 aliphatic carbocycles. The maximum Gasteiger partial charge on any atom is 1.00 e. The van der Waals surface area contributed by atoms with E-state index in [-0.39, 0.29) is 251 Å². The van der Waals surface area contributed by atoms with E-state index in [2.05, 4.69) is 174 Å². The SMILES string of the molecule is CS(=O)(=O)CCCn1c(CCl)nc2cc(Br)ccc21.CS(=O)(=O)CCCn1c(CN2C(=O)CN(C3CC3)c3ccncc32)nc2cc(Br)ccc21.Cl.O=C1CN(C2CC2)c2ccncc2N1.O=CO[O-].PPP(P)P(P(P)P)P(P(P(P)P)P(P)P)P(P(P)P)P(P)P.[2H]CF.[Cs+].[Cs+].[H-]. The Morgan fingerprint density at radius 2 is 1.13 bits per heavy atom. The number of halogens is 5. The van der Waals surface area contributed by atoms with Gasteiger partial charge in [-0.25, -0.2) is 26.8 Å². The molecule has 4 aromatic heterocycles. The quantitative estimate of drug-likeness (QED) is 0.0195. The smallest absolute Gasteiger partial charge is 1.00 e. The minimum absolute atomic E-state index is 0. The van der Waals surface area contributed by atoms with Gasteiger partial charge in [-0.15, -0.1) is 131 Å². The van der Waals surface area contributed by atoms with E-state index in [0.29, 0.717) is 63.5 Å². The third-order valence-corrected chi connectivity index (χ3v) is 164. The number of hydrogen-bond donors (Lipinski definition) is 1. The minimum Gasteiger partial charge on any atom is -1.00 e. The Bertz CT molecular complexity index is 3720. The molecule has 532 valence electrons. The predicted molar refractivity (Wildman–Crippen MR) is 479 cm³/mol. The van der Waals surface area contributed by atoms with Crippen LogP contribution in [-0.2, 0) is 64.5 Å². The summed E-state index contributed by atoms with van der Waals surface area (Å²) >= 11 is 12.8. The van der Waals surface area contributed by atoms with Crippen molar-refractivity contribution in [3.63, 3.8) is 0 Å². The average Bonchev–Trinajstić information content (AvgIpc) is 1.79. The third kappa shape index (κ3) is 33.6. The molecule has 0 spiro atoms. The van der Waals surface area contributed by atoms with Gasteiger partial charge >= 0.3 is 138 Å². The summed E-state index contributed by atoms with van der Waals surface area (Å²) in [6.07, 6.45) is 15.2. The number of carbonyl (C=O) groups excluding carboxylic acids is 3. The van der Waals surface area contributed by atoms with E-state index in [9.17, 15) is 30.8 Å². The van der Waals surface area contributed by atoms with Gasteiger partial charge in [0.15, 0.2) is 0 Å². The Labute approximate surface area is 760 Å². The molecule has 2 aromatic carbocycles. The van der Waals surface area contributed by atoms with Gasteiger partial charge in [0.2, 0.25) is 11.8 Å². The zero-order valence-electron chi connectivity index (χ0n) is 55.1. The van der Waals surface area contributed by atoms with Crippen molar-refractivity contribution in [2.45, 2.75) is 76.1 Å². The number of carbonyl (C=O) groups is 3. The molecular weight excluding hydrogens is 2130 g/mol. The molecule has 4 aliphatic rings. The zero-order chi connectivity index (χ0) is 70.6. The summed E-state index contributed by atoms with van der Waals surface area (Å²) in [4.78, 5) is 59.5. The van der Waals surface area contributed by atoms with Crippen LogP contribution in [0.1, 0.15) is 53.0 Å². The molecule has 15 unspecified atom stereocenters. The first-order chi connectivity index (χ1) is 44.8. The average molecular weight is 2210 g/mol. The van der Waals surface area contributed by atoms with Crippen LogP contribution in [0.15, 0.2) is 82.3 Å². The number of nitrogens with zero attached hydrogens (tertiary/aromatic N) is 9. The van der Waals surface area contributed by atoms with Crippen LogP contribution in [0.5, 0.6) is 0 Å². The number of nitrogens with one attached hydrogen (secondary N) is 1. The molecular formula is C46H80Br2Cl2Cs2FN10O9P23S2. The Morgan fingerprint density at radius 1 is 0.711 bits per heavy atom. The fourth-order valence-corrected chi connectivity index (χ4v) is 293. The largest absolute Gasteiger partial charge is 1.00 e. The van der Waals surface area contributed by atoms with Gasteiger partial charge in [0.05, 0.1) is 103 Å². The van der Waals surface area contributed by atoms with E-state index >= 15 is 0 Å². The van der Waals surface area contributed by atoms with Crippen molar-refractivity contribution in [3.8, 4) is 0 Å². The molecule has 2 aliphatic heterocycles. The van der Waals surface area contributed by atoms with Crippen molar-refractivity contribution in [2.24, 2.45) is 0 Å². The monoisotopic (exact) mass is 2210 g/mol. The predicted octanol–water partition coefficient (Wildman–Crippen LogP) is 13.8. The number of hydrogen-bond acceptors (Lipinski definition) is 15. The van der Waals surface area contributed by atoms with E-state index in [4.69, 9.17) is 28.0 Å². The van der Waals surface area contributed by atoms with Gasteiger partial charge in [-0.05, 0) is 157 Å². The summed E-state index contributed by atoms with van der Waals surface area (Å²) < 4.78 is 67.0. The summed E-state index contributed by atoms with van der Waals surface area (Å²) in [7, 11) is 32.5. The van der Waals surface area contributed by atoms with Crippen LogP contribution in [0, 0.1) is 0 Å². The van der Waals surface area contributed by atoms with Crippen LogP contribution in [-0.4, -0.2) is 121 Å². The fraction of sp³-hybridized carbons (Fsp3) is 0.413. The number of pyridine rings is 2. The Balaban J connectivity index is 0.000000652. The normalized spacial score (nSPS) is 15.2. The Hall–Kier alpha value is 9.01. The first-order valence-corrected chi connectivity index (χ1v) is 74.8. The Kier molecular flexibility index (Phi) is 53.6. The van der Waals surface area contributed by atoms with Gasteiger partial charge in [-0.1, -0.05) is 39.8 Å². The molecule has 51 heteroatoms. The topological polar surface area (TPSA) is 235 Å². The molecule has 97 heavy (non-hydrogen) atoms. The van der Waals surface area contributed by atoms with E-state index in [0.717, 1.165) is 86.2 Å². The second-order valence-corrected chi connectivity index (χ2v) is 117. The number of fused-ring (bicyclic) bond motifs is 4. The zero-order valence-corrected chi connectivity index (χ0v) is 95.8. The van der Waals surface area contributed by atoms with Gasteiger partial charge in [-0.3, -0.25) is 33.6 Å². The molecule has 2 saturated carbocycles. The van der Waals surface area contributed by atoms with Crippen LogP contribution in [0.3, 0.4) is 0 Å². The first kappa shape index (κ1) is 100. The number of aromatic nitrogens is 6. The van der Waals surface area contributed by atoms with E-state index in [1.54, 1.807) is 29.7 Å². The molecule has 6 heterocycles. The molecule has 0 bridgehead atoms. The molecule has 19 nitrogen and oxygen atoms in total. The maximum absolute atomic E-state index is 13.2. The van der Waals surface area contributed by atoms with Crippen LogP contribution in [0.2, 0.25) is 0 Å². The van der Waals surface area contributed by atoms with Crippen LogP contribution in [0.4, 0.5) is 27.1 Å². The van der Waals surface area contributed by atoms with Gasteiger partial charge in [0.1, 0.15) is 31.3 Å². The number of sulfone groups is 2. The van der Waals surface area contributed by atoms with Crippen LogP contribution in [0.25, 0.3) is 22.1 Å². The minimum atomic E-state index is -3.05. The molecule has 2 fully saturated rings. The number of aryl methyl sites for hydroxylation is 2. The standard InChI is InChI=1S/C22H24BrN5O3S.C12H14BrClN2O2S.C10H11N3O.CH3F.CH2O3.ClH.2Cs.H25P23.H/c1-32(30,31)10-2-9-26-18-6-3-15(23)11-17(18)25-21(26)13-28-20-12-24-8-7-19(20)27(14-22(28)29)16-4-5-16;1-19(17,18)6-2-5-16-11-4-3-9(13)7-10(11)15-12(16)8-14;14-10-6-13(7-1-2-7)9-3-4-11-5-8(9)12-10;1-2;2-1-4-3;;;;1-13-19(12)22(18(10)11)23(20(14(2)3)15(4)5)21(16(6)7)17(8)9;/h3,6-8,11-12,16H,2,4-5,9-10,13-14H2,1H3;3-4,7H,2,5-6,8H2,1H3;3-5,7H,1-2,6H2,(H,12,14);1H3;1,3H;1H;;;13H,1-12H2;/q;;;;;;2*+1;;-1/p-1/i;;;1D;;;;;;. The molecule has 0 radical (unpaired) electrons. The summed E-state index contributed by atoms with van der Waals surface area (Å²) in [5, 5.41) is 11.3. The third-order valence-electron chi connectivity index (χ3n) is 13.3. The van der Waals surface area contributed by atoms with Crippen molar-refractivity contribution in [1.29, 1.82) is 0 Å². The molecule has 15 atom stereocenters. The van der Waals surface area contributed by atoms with Crippen molar-refractivity contribution >= 4 is 324 Å². The Morgan fingerprint density at radius 3 is 1.55 bits per heavy atom. The molecule has 6 aromatic rings. The number of benzene rings is 2. The van der Waals surface area contributed by atoms with Crippen molar-refractivity contribution in [2.75, 3.05) is 64.3 Å². The molecule has 1 N–H and O–H groups in total. The second kappa shape index (κ2) is 51.9.